The third-order valence-electron chi connectivity index (χ3n) is 2.93. The first-order valence-electron chi connectivity index (χ1n) is 6.74. The molecule has 0 aliphatic carbocycles. The Hall–Kier alpha value is -2.28. The van der Waals surface area contributed by atoms with Gasteiger partial charge in [-0.3, -0.25) is 4.79 Å². The van der Waals surface area contributed by atoms with Gasteiger partial charge in [0.1, 0.15) is 11.9 Å². The number of amides is 2. The van der Waals surface area contributed by atoms with E-state index in [2.05, 4.69) is 10.6 Å². The summed E-state index contributed by atoms with van der Waals surface area (Å²) >= 11 is 0. The van der Waals surface area contributed by atoms with Gasteiger partial charge in [-0.2, -0.15) is 0 Å². The lowest BCUT2D eigenvalue weighted by Crippen LogP contribution is -2.30. The van der Waals surface area contributed by atoms with Crippen LogP contribution in [0.4, 0.5) is 10.5 Å². The highest BCUT2D eigenvalue weighted by molar-refractivity contribution is 5.89. The molecule has 1 saturated heterocycles. The molecule has 2 amide bonds. The van der Waals surface area contributed by atoms with Gasteiger partial charge in [-0.05, 0) is 24.3 Å². The molecule has 0 aromatic heterocycles. The molecule has 1 fully saturated rings. The van der Waals surface area contributed by atoms with Crippen LogP contribution in [-0.4, -0.2) is 43.0 Å². The number of rotatable bonds is 6. The van der Waals surface area contributed by atoms with Gasteiger partial charge in [-0.25, -0.2) is 4.79 Å². The average Bonchev–Trinajstić information content (AvgIpc) is 2.93. The third kappa shape index (κ3) is 5.31. The smallest absolute Gasteiger partial charge is 0.319 e. The Morgan fingerprint density at radius 1 is 1.33 bits per heavy atom. The molecule has 1 heterocycles. The molecule has 1 aliphatic heterocycles. The summed E-state index contributed by atoms with van der Waals surface area (Å²) < 4.78 is 10.9. The predicted octanol–water partition coefficient (Wildman–Crippen LogP) is 1.45. The van der Waals surface area contributed by atoms with E-state index in [9.17, 15) is 9.59 Å². The Kier molecular flexibility index (Phi) is 5.39. The molecule has 1 aliphatic rings. The highest BCUT2D eigenvalue weighted by Crippen LogP contribution is 2.19. The van der Waals surface area contributed by atoms with Crippen molar-refractivity contribution >= 4 is 17.7 Å². The molecule has 3 N–H and O–H groups in total. The van der Waals surface area contributed by atoms with E-state index in [1.807, 2.05) is 0 Å². The molecule has 114 valence electrons. The Bertz CT molecular complexity index is 483. The second kappa shape index (κ2) is 7.49. The van der Waals surface area contributed by atoms with Crippen LogP contribution >= 0.6 is 0 Å². The number of carbonyl (C=O) groups excluding carboxylic acids is 1. The Morgan fingerprint density at radius 2 is 2.10 bits per heavy atom. The zero-order valence-electron chi connectivity index (χ0n) is 11.5. The molecule has 0 spiro atoms. The van der Waals surface area contributed by atoms with Crippen LogP contribution in [0.1, 0.15) is 12.8 Å². The van der Waals surface area contributed by atoms with E-state index in [1.165, 1.54) is 0 Å². The molecular formula is C14H18N2O5. The van der Waals surface area contributed by atoms with Crippen molar-refractivity contribution in [1.82, 2.24) is 5.32 Å². The Labute approximate surface area is 122 Å². The van der Waals surface area contributed by atoms with E-state index < -0.39 is 12.0 Å². The average molecular weight is 294 g/mol. The topological polar surface area (TPSA) is 96.9 Å². The van der Waals surface area contributed by atoms with E-state index in [-0.39, 0.29) is 19.1 Å². The van der Waals surface area contributed by atoms with E-state index in [4.69, 9.17) is 14.6 Å². The first-order valence-corrected chi connectivity index (χ1v) is 6.74. The SMILES string of the molecule is O=C(O)CCNC(=O)Nc1ccc(OC2CCOC2)cc1. The lowest BCUT2D eigenvalue weighted by molar-refractivity contribution is -0.136. The van der Waals surface area contributed by atoms with Crippen LogP contribution in [0.2, 0.25) is 0 Å². The van der Waals surface area contributed by atoms with Crippen molar-refractivity contribution in [3.05, 3.63) is 24.3 Å². The number of urea groups is 1. The molecule has 1 aromatic carbocycles. The van der Waals surface area contributed by atoms with Gasteiger partial charge in [0.25, 0.3) is 0 Å². The molecule has 1 aromatic rings. The summed E-state index contributed by atoms with van der Waals surface area (Å²) in [5.74, 6) is -0.227. The number of aliphatic carboxylic acids is 1. The molecule has 7 heteroatoms. The fourth-order valence-corrected chi connectivity index (χ4v) is 1.87. The molecule has 1 atom stereocenters. The summed E-state index contributed by atoms with van der Waals surface area (Å²) in [5, 5.41) is 13.5. The highest BCUT2D eigenvalue weighted by atomic mass is 16.5. The fraction of sp³-hybridized carbons (Fsp3) is 0.429. The number of hydrogen-bond acceptors (Lipinski definition) is 4. The Balaban J connectivity index is 1.76. The monoisotopic (exact) mass is 294 g/mol. The maximum Gasteiger partial charge on any atom is 0.319 e. The third-order valence-corrected chi connectivity index (χ3v) is 2.93. The van der Waals surface area contributed by atoms with Crippen LogP contribution in [0.3, 0.4) is 0 Å². The van der Waals surface area contributed by atoms with Crippen molar-refractivity contribution < 1.29 is 24.2 Å². The summed E-state index contributed by atoms with van der Waals surface area (Å²) in [6.45, 7) is 1.41. The lowest BCUT2D eigenvalue weighted by atomic mass is 10.3. The van der Waals surface area contributed by atoms with Crippen LogP contribution in [0.15, 0.2) is 24.3 Å². The predicted molar refractivity (Wildman–Crippen MR) is 75.6 cm³/mol. The number of anilines is 1. The first kappa shape index (κ1) is 15.1. The van der Waals surface area contributed by atoms with Crippen molar-refractivity contribution in [3.8, 4) is 5.75 Å². The van der Waals surface area contributed by atoms with Crippen molar-refractivity contribution in [2.75, 3.05) is 25.1 Å². The van der Waals surface area contributed by atoms with Crippen LogP contribution in [0.5, 0.6) is 5.75 Å². The fourth-order valence-electron chi connectivity index (χ4n) is 1.87. The minimum absolute atomic E-state index is 0.0862. The first-order chi connectivity index (χ1) is 10.1. The quantitative estimate of drug-likeness (QED) is 0.738. The van der Waals surface area contributed by atoms with Crippen LogP contribution in [0.25, 0.3) is 0 Å². The number of carbonyl (C=O) groups is 2. The molecule has 0 radical (unpaired) electrons. The van der Waals surface area contributed by atoms with Gasteiger partial charge in [0.15, 0.2) is 0 Å². The molecule has 2 rings (SSSR count). The van der Waals surface area contributed by atoms with Gasteiger partial charge in [-0.1, -0.05) is 0 Å². The summed E-state index contributed by atoms with van der Waals surface area (Å²) in [4.78, 5) is 21.8. The summed E-state index contributed by atoms with van der Waals surface area (Å²) in [7, 11) is 0. The molecule has 0 bridgehead atoms. The molecule has 0 saturated carbocycles. The largest absolute Gasteiger partial charge is 0.488 e. The van der Waals surface area contributed by atoms with Gasteiger partial charge in [0.05, 0.1) is 19.6 Å². The minimum atomic E-state index is -0.951. The Morgan fingerprint density at radius 3 is 2.71 bits per heavy atom. The molecule has 21 heavy (non-hydrogen) atoms. The van der Waals surface area contributed by atoms with E-state index in [1.54, 1.807) is 24.3 Å². The van der Waals surface area contributed by atoms with Crippen molar-refractivity contribution in [2.45, 2.75) is 18.9 Å². The van der Waals surface area contributed by atoms with Crippen LogP contribution in [0, 0.1) is 0 Å². The van der Waals surface area contributed by atoms with E-state index in [0.717, 1.165) is 18.8 Å². The summed E-state index contributed by atoms with van der Waals surface area (Å²) in [6, 6.07) is 6.55. The zero-order chi connectivity index (χ0) is 15.1. The van der Waals surface area contributed by atoms with Crippen molar-refractivity contribution in [1.29, 1.82) is 0 Å². The maximum atomic E-state index is 11.5. The van der Waals surface area contributed by atoms with Crippen LogP contribution in [-0.2, 0) is 9.53 Å². The second-order valence-electron chi connectivity index (χ2n) is 4.65. The molecule has 1 unspecified atom stereocenters. The summed E-state index contributed by atoms with van der Waals surface area (Å²) in [6.07, 6.45) is 0.860. The maximum absolute atomic E-state index is 11.5. The van der Waals surface area contributed by atoms with Gasteiger partial charge in [0, 0.05) is 18.7 Å². The standard InChI is InChI=1S/C14H18N2O5/c17-13(18)5-7-15-14(19)16-10-1-3-11(4-2-10)21-12-6-8-20-9-12/h1-4,12H,5-9H2,(H,17,18)(H2,15,16,19). The number of hydrogen-bond donors (Lipinski definition) is 3. The van der Waals surface area contributed by atoms with Gasteiger partial charge >= 0.3 is 12.0 Å². The van der Waals surface area contributed by atoms with E-state index >= 15 is 0 Å². The number of ether oxygens (including phenoxy) is 2. The van der Waals surface area contributed by atoms with Gasteiger partial charge < -0.3 is 25.2 Å². The van der Waals surface area contributed by atoms with Gasteiger partial charge in [0.2, 0.25) is 0 Å². The zero-order valence-corrected chi connectivity index (χ0v) is 11.5. The number of carboxylic acids is 1. The number of carboxylic acid groups (broad SMARTS) is 1. The minimum Gasteiger partial charge on any atom is -0.488 e. The van der Waals surface area contributed by atoms with Crippen LogP contribution < -0.4 is 15.4 Å². The summed E-state index contributed by atoms with van der Waals surface area (Å²) in [5.41, 5.74) is 0.609. The molecule has 7 nitrogen and oxygen atoms in total. The molecular weight excluding hydrogens is 276 g/mol. The second-order valence-corrected chi connectivity index (χ2v) is 4.65. The number of nitrogens with one attached hydrogen (secondary N) is 2. The van der Waals surface area contributed by atoms with Gasteiger partial charge in [-0.15, -0.1) is 0 Å². The van der Waals surface area contributed by atoms with Crippen molar-refractivity contribution in [2.24, 2.45) is 0 Å². The van der Waals surface area contributed by atoms with E-state index in [0.29, 0.717) is 12.3 Å². The highest BCUT2D eigenvalue weighted by Gasteiger charge is 2.16. The lowest BCUT2D eigenvalue weighted by Gasteiger charge is -2.12. The van der Waals surface area contributed by atoms with Crippen molar-refractivity contribution in [3.63, 3.8) is 0 Å². The number of benzene rings is 1. The normalized spacial score (nSPS) is 17.2.